The molecule has 1 nitrogen and oxygen atoms in total. The Morgan fingerprint density at radius 2 is 1.82 bits per heavy atom. The fraction of sp³-hybridized carbons (Fsp3) is 0.250. The Balaban J connectivity index is 0.000001000. The Bertz CT molecular complexity index is 173. The van der Waals surface area contributed by atoms with Gasteiger partial charge in [-0.3, -0.25) is 0 Å². The first-order chi connectivity index (χ1) is 4.86. The van der Waals surface area contributed by atoms with Crippen molar-refractivity contribution in [1.82, 2.24) is 0 Å². The zero-order valence-electron chi connectivity index (χ0n) is 6.21. The van der Waals surface area contributed by atoms with Crippen LogP contribution in [0.3, 0.4) is 0 Å². The van der Waals surface area contributed by atoms with Gasteiger partial charge in [0.1, 0.15) is 5.75 Å². The predicted octanol–water partition coefficient (Wildman–Crippen LogP) is 2.86. The largest absolute Gasteiger partial charge is 0.497 e. The summed E-state index contributed by atoms with van der Waals surface area (Å²) in [6, 6.07) is 7.70. The average molecular weight is 193 g/mol. The summed E-state index contributed by atoms with van der Waals surface area (Å²) >= 11 is 5.58. The summed E-state index contributed by atoms with van der Waals surface area (Å²) in [4.78, 5) is 0. The number of rotatable bonds is 2. The van der Waals surface area contributed by atoms with Gasteiger partial charge in [0.15, 0.2) is 0 Å². The van der Waals surface area contributed by atoms with Crippen molar-refractivity contribution in [3.63, 3.8) is 0 Å². The Morgan fingerprint density at radius 3 is 2.18 bits per heavy atom. The van der Waals surface area contributed by atoms with Crippen molar-refractivity contribution in [1.29, 1.82) is 0 Å². The van der Waals surface area contributed by atoms with Crippen LogP contribution >= 0.6 is 24.0 Å². The molecule has 11 heavy (non-hydrogen) atoms. The molecule has 62 valence electrons. The normalized spacial score (nSPS) is 8.55. The lowest BCUT2D eigenvalue weighted by Gasteiger charge is -1.98. The van der Waals surface area contributed by atoms with Gasteiger partial charge in [-0.25, -0.2) is 0 Å². The summed E-state index contributed by atoms with van der Waals surface area (Å²) in [7, 11) is 1.65. The number of hydrogen-bond donors (Lipinski definition) is 0. The Labute approximate surface area is 77.7 Å². The van der Waals surface area contributed by atoms with Crippen LogP contribution in [-0.4, -0.2) is 7.11 Å². The fourth-order valence-electron chi connectivity index (χ4n) is 0.715. The van der Waals surface area contributed by atoms with E-state index in [-0.39, 0.29) is 12.4 Å². The molecule has 0 unspecified atom stereocenters. The molecule has 0 spiro atoms. The van der Waals surface area contributed by atoms with Crippen molar-refractivity contribution in [2.24, 2.45) is 0 Å². The number of methoxy groups -OCH3 is 1. The van der Waals surface area contributed by atoms with E-state index in [0.717, 1.165) is 11.3 Å². The highest BCUT2D eigenvalue weighted by atomic mass is 35.5. The highest BCUT2D eigenvalue weighted by molar-refractivity contribution is 6.17. The highest BCUT2D eigenvalue weighted by Crippen LogP contribution is 2.12. The Kier molecular flexibility index (Phi) is 5.08. The van der Waals surface area contributed by atoms with Gasteiger partial charge in [-0.05, 0) is 17.7 Å². The van der Waals surface area contributed by atoms with Gasteiger partial charge in [-0.1, -0.05) is 12.1 Å². The summed E-state index contributed by atoms with van der Waals surface area (Å²) in [5, 5.41) is 0. The van der Waals surface area contributed by atoms with E-state index in [4.69, 9.17) is 16.3 Å². The molecule has 1 rings (SSSR count). The molecule has 0 saturated heterocycles. The number of alkyl halides is 1. The second kappa shape index (κ2) is 5.28. The molecule has 0 aliphatic heterocycles. The lowest BCUT2D eigenvalue weighted by molar-refractivity contribution is 0.414. The van der Waals surface area contributed by atoms with Crippen LogP contribution in [0.2, 0.25) is 0 Å². The van der Waals surface area contributed by atoms with Gasteiger partial charge in [0, 0.05) is 5.88 Å². The van der Waals surface area contributed by atoms with Gasteiger partial charge in [-0.15, -0.1) is 24.0 Å². The molecule has 0 radical (unpaired) electrons. The maximum atomic E-state index is 5.58. The van der Waals surface area contributed by atoms with Crippen LogP contribution in [0, 0.1) is 0 Å². The molecule has 0 aromatic heterocycles. The monoisotopic (exact) mass is 192 g/mol. The highest BCUT2D eigenvalue weighted by Gasteiger charge is 1.90. The maximum absolute atomic E-state index is 5.58. The first kappa shape index (κ1) is 10.6. The molecule has 0 atom stereocenters. The number of ether oxygens (including phenoxy) is 1. The molecular formula is C8H10Cl2O. The third-order valence-corrected chi connectivity index (χ3v) is 1.62. The van der Waals surface area contributed by atoms with Crippen LogP contribution < -0.4 is 4.74 Å². The molecule has 0 amide bonds. The van der Waals surface area contributed by atoms with Crippen molar-refractivity contribution < 1.29 is 4.74 Å². The molecule has 0 saturated carbocycles. The second-order valence-corrected chi connectivity index (χ2v) is 2.25. The molecule has 0 aliphatic carbocycles. The number of benzene rings is 1. The summed E-state index contributed by atoms with van der Waals surface area (Å²) in [6.45, 7) is 0. The third-order valence-electron chi connectivity index (χ3n) is 1.31. The molecule has 0 fully saturated rings. The first-order valence-corrected chi connectivity index (χ1v) is 3.59. The van der Waals surface area contributed by atoms with Crippen molar-refractivity contribution in [3.8, 4) is 5.75 Å². The van der Waals surface area contributed by atoms with Gasteiger partial charge < -0.3 is 4.74 Å². The molecule has 0 heterocycles. The zero-order valence-corrected chi connectivity index (χ0v) is 7.78. The minimum atomic E-state index is 0. The summed E-state index contributed by atoms with van der Waals surface area (Å²) in [6.07, 6.45) is 0. The molecule has 1 aromatic carbocycles. The summed E-state index contributed by atoms with van der Waals surface area (Å²) < 4.78 is 4.97. The minimum absolute atomic E-state index is 0. The standard InChI is InChI=1S/C8H9ClO.ClH/c1-10-8-4-2-7(6-9)3-5-8;/h2-5H,6H2,1H3;1H. The van der Waals surface area contributed by atoms with Crippen LogP contribution in [-0.2, 0) is 5.88 Å². The van der Waals surface area contributed by atoms with Crippen LogP contribution in [0.25, 0.3) is 0 Å². The molecular weight excluding hydrogens is 183 g/mol. The molecule has 0 aliphatic rings. The van der Waals surface area contributed by atoms with Gasteiger partial charge in [0.2, 0.25) is 0 Å². The summed E-state index contributed by atoms with van der Waals surface area (Å²) in [5.74, 6) is 1.43. The van der Waals surface area contributed by atoms with Crippen molar-refractivity contribution in [2.75, 3.05) is 7.11 Å². The fourth-order valence-corrected chi connectivity index (χ4v) is 0.893. The topological polar surface area (TPSA) is 9.23 Å². The summed E-state index contributed by atoms with van der Waals surface area (Å²) in [5.41, 5.74) is 1.11. The van der Waals surface area contributed by atoms with E-state index < -0.39 is 0 Å². The van der Waals surface area contributed by atoms with E-state index in [9.17, 15) is 0 Å². The van der Waals surface area contributed by atoms with Crippen LogP contribution in [0.15, 0.2) is 24.3 Å². The first-order valence-electron chi connectivity index (χ1n) is 3.05. The third kappa shape index (κ3) is 3.00. The van der Waals surface area contributed by atoms with Gasteiger partial charge in [0.05, 0.1) is 7.11 Å². The average Bonchev–Trinajstić information content (AvgIpc) is 2.05. The lowest BCUT2D eigenvalue weighted by atomic mass is 10.2. The zero-order chi connectivity index (χ0) is 7.40. The van der Waals surface area contributed by atoms with E-state index >= 15 is 0 Å². The molecule has 0 N–H and O–H groups in total. The van der Waals surface area contributed by atoms with Crippen molar-refractivity contribution in [3.05, 3.63) is 29.8 Å². The van der Waals surface area contributed by atoms with Crippen molar-refractivity contribution in [2.45, 2.75) is 5.88 Å². The number of halogens is 2. The molecule has 3 heteroatoms. The van der Waals surface area contributed by atoms with E-state index in [1.165, 1.54) is 0 Å². The van der Waals surface area contributed by atoms with Crippen LogP contribution in [0.1, 0.15) is 5.56 Å². The lowest BCUT2D eigenvalue weighted by Crippen LogP contribution is -1.82. The minimum Gasteiger partial charge on any atom is -0.497 e. The van der Waals surface area contributed by atoms with E-state index in [1.807, 2.05) is 24.3 Å². The van der Waals surface area contributed by atoms with Crippen LogP contribution in [0.4, 0.5) is 0 Å². The van der Waals surface area contributed by atoms with Gasteiger partial charge in [0.25, 0.3) is 0 Å². The SMILES string of the molecule is COc1ccc(CCl)cc1.Cl. The Morgan fingerprint density at radius 1 is 1.27 bits per heavy atom. The van der Waals surface area contributed by atoms with Gasteiger partial charge in [-0.2, -0.15) is 0 Å². The number of hydrogen-bond acceptors (Lipinski definition) is 1. The van der Waals surface area contributed by atoms with E-state index in [1.54, 1.807) is 7.11 Å². The van der Waals surface area contributed by atoms with E-state index in [2.05, 4.69) is 0 Å². The second-order valence-electron chi connectivity index (χ2n) is 1.98. The Hall–Kier alpha value is -0.400. The van der Waals surface area contributed by atoms with Crippen molar-refractivity contribution >= 4 is 24.0 Å². The maximum Gasteiger partial charge on any atom is 0.118 e. The molecule has 1 aromatic rings. The smallest absolute Gasteiger partial charge is 0.118 e. The predicted molar refractivity (Wildman–Crippen MR) is 49.8 cm³/mol. The quantitative estimate of drug-likeness (QED) is 0.656. The van der Waals surface area contributed by atoms with E-state index in [0.29, 0.717) is 5.88 Å². The van der Waals surface area contributed by atoms with Crippen LogP contribution in [0.5, 0.6) is 5.75 Å². The van der Waals surface area contributed by atoms with Gasteiger partial charge >= 0.3 is 0 Å². The molecule has 0 bridgehead atoms.